The van der Waals surface area contributed by atoms with Crippen LogP contribution in [0.4, 0.5) is 0 Å². The van der Waals surface area contributed by atoms with Crippen LogP contribution in [-0.2, 0) is 14.6 Å². The van der Waals surface area contributed by atoms with E-state index in [1.54, 1.807) is 0 Å². The number of rotatable bonds is 5. The summed E-state index contributed by atoms with van der Waals surface area (Å²) in [5, 5.41) is 10.7. The van der Waals surface area contributed by atoms with Crippen molar-refractivity contribution in [1.29, 1.82) is 0 Å². The van der Waals surface area contributed by atoms with Crippen LogP contribution in [0.1, 0.15) is 6.42 Å². The van der Waals surface area contributed by atoms with Crippen molar-refractivity contribution in [2.24, 2.45) is 0 Å². The summed E-state index contributed by atoms with van der Waals surface area (Å²) >= 11 is 0. The molecule has 0 unspecified atom stereocenters. The Labute approximate surface area is 71.7 Å². The molecule has 0 rings (SSSR count). The Morgan fingerprint density at radius 2 is 2.08 bits per heavy atom. The molecule has 0 aliphatic rings. The lowest BCUT2D eigenvalue weighted by atomic mass is 10.4. The SMILES string of the molecule is CS(=O)(=O)CC(=O)NCCCO. The molecule has 0 aromatic heterocycles. The van der Waals surface area contributed by atoms with E-state index in [0.717, 1.165) is 6.26 Å². The van der Waals surface area contributed by atoms with Gasteiger partial charge in [0.25, 0.3) is 0 Å². The lowest BCUT2D eigenvalue weighted by Crippen LogP contribution is -2.30. The molecule has 72 valence electrons. The normalized spacial score (nSPS) is 11.2. The summed E-state index contributed by atoms with van der Waals surface area (Å²) in [4.78, 5) is 10.8. The lowest BCUT2D eigenvalue weighted by molar-refractivity contribution is -0.118. The van der Waals surface area contributed by atoms with Gasteiger partial charge in [0.05, 0.1) is 0 Å². The maximum atomic E-state index is 10.8. The number of aliphatic hydroxyl groups is 1. The molecule has 0 aliphatic heterocycles. The quantitative estimate of drug-likeness (QED) is 0.525. The summed E-state index contributed by atoms with van der Waals surface area (Å²) in [7, 11) is -3.24. The number of hydrogen-bond donors (Lipinski definition) is 2. The highest BCUT2D eigenvalue weighted by Gasteiger charge is 2.09. The molecule has 12 heavy (non-hydrogen) atoms. The van der Waals surface area contributed by atoms with Gasteiger partial charge in [0.2, 0.25) is 5.91 Å². The molecule has 0 fully saturated rings. The zero-order valence-electron chi connectivity index (χ0n) is 6.91. The highest BCUT2D eigenvalue weighted by molar-refractivity contribution is 7.91. The van der Waals surface area contributed by atoms with Gasteiger partial charge >= 0.3 is 0 Å². The van der Waals surface area contributed by atoms with Crippen LogP contribution in [0.2, 0.25) is 0 Å². The summed E-state index contributed by atoms with van der Waals surface area (Å²) in [6, 6.07) is 0. The molecule has 0 saturated carbocycles. The zero-order valence-corrected chi connectivity index (χ0v) is 7.73. The summed E-state index contributed by atoms with van der Waals surface area (Å²) in [5.41, 5.74) is 0. The minimum Gasteiger partial charge on any atom is -0.396 e. The molecule has 0 aromatic carbocycles. The van der Waals surface area contributed by atoms with Crippen molar-refractivity contribution in [1.82, 2.24) is 5.32 Å². The zero-order chi connectivity index (χ0) is 9.61. The predicted molar refractivity (Wildman–Crippen MR) is 44.4 cm³/mol. The van der Waals surface area contributed by atoms with Crippen molar-refractivity contribution in [3.8, 4) is 0 Å². The van der Waals surface area contributed by atoms with Crippen molar-refractivity contribution in [2.75, 3.05) is 25.2 Å². The van der Waals surface area contributed by atoms with Crippen molar-refractivity contribution in [3.63, 3.8) is 0 Å². The van der Waals surface area contributed by atoms with E-state index in [9.17, 15) is 13.2 Å². The summed E-state index contributed by atoms with van der Waals surface area (Å²) in [6.45, 7) is 0.296. The molecule has 1 amide bonds. The van der Waals surface area contributed by atoms with Gasteiger partial charge in [-0.3, -0.25) is 4.79 Å². The maximum absolute atomic E-state index is 10.8. The van der Waals surface area contributed by atoms with Gasteiger partial charge in [-0.05, 0) is 6.42 Å². The number of carbonyl (C=O) groups is 1. The molecule has 6 heteroatoms. The van der Waals surface area contributed by atoms with Crippen molar-refractivity contribution >= 4 is 15.7 Å². The van der Waals surface area contributed by atoms with Gasteiger partial charge in [-0.1, -0.05) is 0 Å². The molecule has 0 spiro atoms. The number of aliphatic hydroxyl groups excluding tert-OH is 1. The fourth-order valence-corrected chi connectivity index (χ4v) is 1.17. The monoisotopic (exact) mass is 195 g/mol. The fraction of sp³-hybridized carbons (Fsp3) is 0.833. The van der Waals surface area contributed by atoms with Crippen LogP contribution in [-0.4, -0.2) is 44.6 Å². The average Bonchev–Trinajstić information content (AvgIpc) is 1.84. The van der Waals surface area contributed by atoms with Gasteiger partial charge in [0, 0.05) is 19.4 Å². The number of hydrogen-bond acceptors (Lipinski definition) is 4. The minimum absolute atomic E-state index is 0.0147. The van der Waals surface area contributed by atoms with Crippen LogP contribution in [0.3, 0.4) is 0 Å². The molecule has 0 saturated heterocycles. The van der Waals surface area contributed by atoms with E-state index in [1.165, 1.54) is 0 Å². The number of amides is 1. The third-order valence-corrected chi connectivity index (χ3v) is 1.84. The fourth-order valence-electron chi connectivity index (χ4n) is 0.596. The van der Waals surface area contributed by atoms with Crippen LogP contribution in [0, 0.1) is 0 Å². The highest BCUT2D eigenvalue weighted by atomic mass is 32.2. The Bertz CT molecular complexity index is 234. The Hall–Kier alpha value is -0.620. The van der Waals surface area contributed by atoms with Crippen molar-refractivity contribution in [3.05, 3.63) is 0 Å². The number of nitrogens with one attached hydrogen (secondary N) is 1. The minimum atomic E-state index is -3.24. The van der Waals surface area contributed by atoms with E-state index in [2.05, 4.69) is 5.32 Å². The molecule has 0 heterocycles. The topological polar surface area (TPSA) is 83.5 Å². The predicted octanol–water partition coefficient (Wildman–Crippen LogP) is -1.47. The third kappa shape index (κ3) is 7.49. The summed E-state index contributed by atoms with van der Waals surface area (Å²) < 4.78 is 21.1. The second-order valence-electron chi connectivity index (χ2n) is 2.50. The largest absolute Gasteiger partial charge is 0.396 e. The Morgan fingerprint density at radius 3 is 2.50 bits per heavy atom. The molecule has 0 radical (unpaired) electrons. The van der Waals surface area contributed by atoms with E-state index >= 15 is 0 Å². The first-order chi connectivity index (χ1) is 5.45. The lowest BCUT2D eigenvalue weighted by Gasteiger charge is -2.01. The molecule has 0 bridgehead atoms. The highest BCUT2D eigenvalue weighted by Crippen LogP contribution is 1.82. The van der Waals surface area contributed by atoms with Gasteiger partial charge in [0.1, 0.15) is 5.75 Å². The first kappa shape index (κ1) is 11.4. The number of carbonyl (C=O) groups excluding carboxylic acids is 1. The molecule has 0 atom stereocenters. The Balaban J connectivity index is 3.62. The molecular formula is C6H13NO4S. The smallest absolute Gasteiger partial charge is 0.235 e. The van der Waals surface area contributed by atoms with Crippen molar-refractivity contribution in [2.45, 2.75) is 6.42 Å². The van der Waals surface area contributed by atoms with E-state index in [4.69, 9.17) is 5.11 Å². The van der Waals surface area contributed by atoms with Gasteiger partial charge in [-0.2, -0.15) is 0 Å². The van der Waals surface area contributed by atoms with E-state index < -0.39 is 21.5 Å². The van der Waals surface area contributed by atoms with Crippen LogP contribution in [0.25, 0.3) is 0 Å². The molecule has 0 aliphatic carbocycles. The van der Waals surface area contributed by atoms with Gasteiger partial charge in [-0.25, -0.2) is 8.42 Å². The summed E-state index contributed by atoms with van der Waals surface area (Å²) in [5.74, 6) is -1.01. The second kappa shape index (κ2) is 5.10. The third-order valence-electron chi connectivity index (χ3n) is 1.05. The van der Waals surface area contributed by atoms with Crippen LogP contribution >= 0.6 is 0 Å². The first-order valence-electron chi connectivity index (χ1n) is 3.51. The molecule has 5 nitrogen and oxygen atoms in total. The van der Waals surface area contributed by atoms with Crippen LogP contribution < -0.4 is 5.32 Å². The Kier molecular flexibility index (Phi) is 4.84. The standard InChI is InChI=1S/C6H13NO4S/c1-12(10,11)5-6(9)7-3-2-4-8/h8H,2-5H2,1H3,(H,7,9). The van der Waals surface area contributed by atoms with Crippen LogP contribution in [0.5, 0.6) is 0 Å². The van der Waals surface area contributed by atoms with Crippen molar-refractivity contribution < 1.29 is 18.3 Å². The first-order valence-corrected chi connectivity index (χ1v) is 5.57. The number of sulfone groups is 1. The Morgan fingerprint density at radius 1 is 1.50 bits per heavy atom. The van der Waals surface area contributed by atoms with Gasteiger partial charge in [0.15, 0.2) is 9.84 Å². The average molecular weight is 195 g/mol. The molecule has 2 N–H and O–H groups in total. The molecule has 0 aromatic rings. The van der Waals surface area contributed by atoms with E-state index in [0.29, 0.717) is 13.0 Å². The second-order valence-corrected chi connectivity index (χ2v) is 4.64. The van der Waals surface area contributed by atoms with Gasteiger partial charge < -0.3 is 10.4 Å². The molecular weight excluding hydrogens is 182 g/mol. The van der Waals surface area contributed by atoms with Crippen LogP contribution in [0.15, 0.2) is 0 Å². The van der Waals surface area contributed by atoms with E-state index in [1.807, 2.05) is 0 Å². The summed E-state index contributed by atoms with van der Waals surface area (Å²) in [6.07, 6.45) is 1.44. The van der Waals surface area contributed by atoms with E-state index in [-0.39, 0.29) is 6.61 Å². The maximum Gasteiger partial charge on any atom is 0.235 e. The van der Waals surface area contributed by atoms with Gasteiger partial charge in [-0.15, -0.1) is 0 Å².